The molecule has 0 aromatic heterocycles. The molecule has 0 aliphatic rings. The Kier molecular flexibility index (Phi) is 4.88. The Hall–Kier alpha value is -0.610. The van der Waals surface area contributed by atoms with Gasteiger partial charge in [0, 0.05) is 6.54 Å². The zero-order chi connectivity index (χ0) is 7.98. The molecule has 0 rings (SSSR count). The van der Waals surface area contributed by atoms with Crippen LogP contribution in [0.1, 0.15) is 0 Å². The molecule has 0 aromatic rings. The molecule has 0 unspecified atom stereocenters. The van der Waals surface area contributed by atoms with Gasteiger partial charge in [0.25, 0.3) is 0 Å². The number of hydrogen-bond acceptors (Lipinski definition) is 3. The van der Waals surface area contributed by atoms with E-state index in [0.29, 0.717) is 6.54 Å². The minimum Gasteiger partial charge on any atom is -0.468 e. The van der Waals surface area contributed by atoms with Crippen molar-refractivity contribution in [2.75, 3.05) is 33.9 Å². The molecule has 0 saturated carbocycles. The van der Waals surface area contributed by atoms with Crippen LogP contribution < -0.4 is 0 Å². The smallest absolute Gasteiger partial charge is 0.319 e. The van der Waals surface area contributed by atoms with Gasteiger partial charge in [0.15, 0.2) is 0 Å². The van der Waals surface area contributed by atoms with Crippen molar-refractivity contribution in [2.45, 2.75) is 0 Å². The lowest BCUT2D eigenvalue weighted by Crippen LogP contribution is -2.28. The first-order chi connectivity index (χ1) is 4.70. The third-order valence-corrected chi connectivity index (χ3v) is 1.10. The molecule has 0 aliphatic carbocycles. The molecular weight excluding hydrogens is 134 g/mol. The maximum absolute atomic E-state index is 10.5. The number of carbonyl (C=O) groups excluding carboxylic acids is 1. The standard InChI is InChI=1S/C6H12NO3/c1-7(3-4-8)5-6(9)10-2/h3-5H2,1-2H3. The lowest BCUT2D eigenvalue weighted by Gasteiger charge is -2.11. The predicted molar refractivity (Wildman–Crippen MR) is 35.1 cm³/mol. The molecule has 59 valence electrons. The van der Waals surface area contributed by atoms with E-state index in [1.807, 2.05) is 0 Å². The summed E-state index contributed by atoms with van der Waals surface area (Å²) < 4.78 is 4.38. The van der Waals surface area contributed by atoms with Gasteiger partial charge in [0.05, 0.1) is 20.3 Å². The highest BCUT2D eigenvalue weighted by molar-refractivity contribution is 5.71. The highest BCUT2D eigenvalue weighted by Gasteiger charge is 2.04. The quantitative estimate of drug-likeness (QED) is 0.503. The molecule has 4 heteroatoms. The highest BCUT2D eigenvalue weighted by Crippen LogP contribution is 1.82. The number of likely N-dealkylation sites (N-methyl/N-ethyl adjacent to an activating group) is 1. The summed E-state index contributed by atoms with van der Waals surface area (Å²) in [4.78, 5) is 12.2. The van der Waals surface area contributed by atoms with E-state index in [9.17, 15) is 9.90 Å². The first kappa shape index (κ1) is 9.39. The molecule has 1 radical (unpaired) electrons. The van der Waals surface area contributed by atoms with Crippen molar-refractivity contribution in [2.24, 2.45) is 0 Å². The number of methoxy groups -OCH3 is 1. The fraction of sp³-hybridized carbons (Fsp3) is 0.833. The van der Waals surface area contributed by atoms with E-state index in [0.717, 1.165) is 0 Å². The van der Waals surface area contributed by atoms with Crippen LogP contribution in [0.3, 0.4) is 0 Å². The summed E-state index contributed by atoms with van der Waals surface area (Å²) in [6, 6.07) is 0. The van der Waals surface area contributed by atoms with E-state index in [1.165, 1.54) is 7.11 Å². The molecule has 0 aromatic carbocycles. The minimum atomic E-state index is -0.309. The number of nitrogens with zero attached hydrogens (tertiary/aromatic N) is 1. The van der Waals surface area contributed by atoms with Crippen LogP contribution in [0.2, 0.25) is 0 Å². The Morgan fingerprint density at radius 2 is 2.20 bits per heavy atom. The zero-order valence-electron chi connectivity index (χ0n) is 6.29. The third-order valence-electron chi connectivity index (χ3n) is 1.10. The van der Waals surface area contributed by atoms with Gasteiger partial charge in [0.2, 0.25) is 0 Å². The molecule has 0 bridgehead atoms. The predicted octanol–water partition coefficient (Wildman–Crippen LogP) is -0.478. The second kappa shape index (κ2) is 5.20. The Morgan fingerprint density at radius 3 is 2.60 bits per heavy atom. The van der Waals surface area contributed by atoms with Gasteiger partial charge in [-0.25, -0.2) is 5.11 Å². The molecular formula is C6H12NO3. The van der Waals surface area contributed by atoms with E-state index in [-0.39, 0.29) is 19.1 Å². The summed E-state index contributed by atoms with van der Waals surface area (Å²) in [6.45, 7) is 0.390. The monoisotopic (exact) mass is 146 g/mol. The number of carbonyl (C=O) groups is 1. The molecule has 4 nitrogen and oxygen atoms in total. The van der Waals surface area contributed by atoms with Crippen LogP contribution in [-0.4, -0.2) is 44.7 Å². The molecule has 0 amide bonds. The van der Waals surface area contributed by atoms with Gasteiger partial charge in [-0.1, -0.05) is 0 Å². The van der Waals surface area contributed by atoms with Crippen molar-refractivity contribution in [3.8, 4) is 0 Å². The second-order valence-electron chi connectivity index (χ2n) is 2.02. The molecule has 0 heterocycles. The SMILES string of the molecule is COC(=O)CN(C)CC[O]. The average Bonchev–Trinajstić information content (AvgIpc) is 1.88. The lowest BCUT2D eigenvalue weighted by molar-refractivity contribution is -0.141. The molecule has 0 aliphatic heterocycles. The van der Waals surface area contributed by atoms with Crippen LogP contribution in [0, 0.1) is 0 Å². The number of ether oxygens (including phenoxy) is 1. The topological polar surface area (TPSA) is 49.4 Å². The third kappa shape index (κ3) is 4.29. The maximum Gasteiger partial charge on any atom is 0.319 e. The summed E-state index contributed by atoms with van der Waals surface area (Å²) in [5.41, 5.74) is 0. The van der Waals surface area contributed by atoms with Gasteiger partial charge in [-0.2, -0.15) is 0 Å². The first-order valence-corrected chi connectivity index (χ1v) is 3.04. The van der Waals surface area contributed by atoms with Gasteiger partial charge < -0.3 is 4.74 Å². The fourth-order valence-corrected chi connectivity index (χ4v) is 0.520. The average molecular weight is 146 g/mol. The largest absolute Gasteiger partial charge is 0.468 e. The normalized spacial score (nSPS) is 10.0. The Morgan fingerprint density at radius 1 is 1.60 bits per heavy atom. The maximum atomic E-state index is 10.5. The lowest BCUT2D eigenvalue weighted by atomic mass is 10.5. The van der Waals surface area contributed by atoms with Gasteiger partial charge in [0.1, 0.15) is 0 Å². The zero-order valence-corrected chi connectivity index (χ0v) is 6.29. The van der Waals surface area contributed by atoms with Crippen molar-refractivity contribution in [3.05, 3.63) is 0 Å². The minimum absolute atomic E-state index is 0.187. The fourth-order valence-electron chi connectivity index (χ4n) is 0.520. The van der Waals surface area contributed by atoms with Gasteiger partial charge in [-0.05, 0) is 7.05 Å². The summed E-state index contributed by atoms with van der Waals surface area (Å²) in [7, 11) is 3.03. The highest BCUT2D eigenvalue weighted by atomic mass is 16.5. The van der Waals surface area contributed by atoms with Crippen molar-refractivity contribution < 1.29 is 14.6 Å². The summed E-state index contributed by atoms with van der Waals surface area (Å²) in [5, 5.41) is 10.0. The van der Waals surface area contributed by atoms with Gasteiger partial charge in [-0.3, -0.25) is 9.69 Å². The summed E-state index contributed by atoms with van der Waals surface area (Å²) in [5.74, 6) is -0.309. The van der Waals surface area contributed by atoms with Crippen LogP contribution in [0.4, 0.5) is 0 Å². The first-order valence-electron chi connectivity index (χ1n) is 3.04. The number of rotatable bonds is 4. The van der Waals surface area contributed by atoms with Crippen molar-refractivity contribution in [1.82, 2.24) is 4.90 Å². The van der Waals surface area contributed by atoms with Gasteiger partial charge in [-0.15, -0.1) is 0 Å². The van der Waals surface area contributed by atoms with Crippen LogP contribution >= 0.6 is 0 Å². The molecule has 0 fully saturated rings. The molecule has 0 spiro atoms. The summed E-state index contributed by atoms with van der Waals surface area (Å²) >= 11 is 0. The number of esters is 1. The molecule has 10 heavy (non-hydrogen) atoms. The number of hydrogen-bond donors (Lipinski definition) is 0. The van der Waals surface area contributed by atoms with Crippen LogP contribution in [0.25, 0.3) is 0 Å². The van der Waals surface area contributed by atoms with E-state index in [1.54, 1.807) is 11.9 Å². The van der Waals surface area contributed by atoms with Crippen LogP contribution in [0.5, 0.6) is 0 Å². The van der Waals surface area contributed by atoms with E-state index >= 15 is 0 Å². The van der Waals surface area contributed by atoms with Crippen molar-refractivity contribution in [3.63, 3.8) is 0 Å². The second-order valence-corrected chi connectivity index (χ2v) is 2.02. The molecule has 0 N–H and O–H groups in total. The Bertz CT molecular complexity index is 105. The van der Waals surface area contributed by atoms with E-state index in [2.05, 4.69) is 4.74 Å². The Labute approximate surface area is 60.4 Å². The molecule has 0 saturated heterocycles. The summed E-state index contributed by atoms with van der Waals surface area (Å²) in [6.07, 6.45) is 0. The van der Waals surface area contributed by atoms with Gasteiger partial charge >= 0.3 is 5.97 Å². The van der Waals surface area contributed by atoms with Crippen LogP contribution in [0.15, 0.2) is 0 Å². The van der Waals surface area contributed by atoms with Crippen LogP contribution in [-0.2, 0) is 14.6 Å². The Balaban J connectivity index is 3.37. The molecule has 0 atom stereocenters. The van der Waals surface area contributed by atoms with Crippen molar-refractivity contribution in [1.29, 1.82) is 0 Å². The van der Waals surface area contributed by atoms with E-state index < -0.39 is 0 Å². The van der Waals surface area contributed by atoms with Crippen molar-refractivity contribution >= 4 is 5.97 Å². The van der Waals surface area contributed by atoms with E-state index in [4.69, 9.17) is 0 Å².